The smallest absolute Gasteiger partial charge is 0.410 e. The maximum absolute atomic E-state index is 11.8. The van der Waals surface area contributed by atoms with Crippen molar-refractivity contribution in [1.29, 1.82) is 0 Å². The lowest BCUT2D eigenvalue weighted by atomic mass is 10.1. The van der Waals surface area contributed by atoms with Gasteiger partial charge in [-0.2, -0.15) is 0 Å². The van der Waals surface area contributed by atoms with Gasteiger partial charge in [0, 0.05) is 25.0 Å². The Labute approximate surface area is 115 Å². The highest BCUT2D eigenvalue weighted by molar-refractivity contribution is 5.78. The molecule has 1 unspecified atom stereocenters. The maximum atomic E-state index is 11.8. The van der Waals surface area contributed by atoms with E-state index in [1.807, 2.05) is 13.8 Å². The third-order valence-corrected chi connectivity index (χ3v) is 3.13. The average Bonchev–Trinajstić information content (AvgIpc) is 2.61. The molecule has 0 bridgehead atoms. The van der Waals surface area contributed by atoms with E-state index in [0.29, 0.717) is 13.1 Å². The summed E-state index contributed by atoms with van der Waals surface area (Å²) in [4.78, 5) is 25.2. The van der Waals surface area contributed by atoms with E-state index in [1.54, 1.807) is 11.0 Å². The van der Waals surface area contributed by atoms with E-state index in [0.717, 1.165) is 19.3 Å². The largest absolute Gasteiger partial charge is 0.445 e. The Morgan fingerprint density at radius 2 is 2.21 bits per heavy atom. The summed E-state index contributed by atoms with van der Waals surface area (Å²) < 4.78 is 5.04. The van der Waals surface area contributed by atoms with E-state index >= 15 is 0 Å². The summed E-state index contributed by atoms with van der Waals surface area (Å²) in [6.07, 6.45) is 4.08. The third-order valence-electron chi connectivity index (χ3n) is 3.13. The summed E-state index contributed by atoms with van der Waals surface area (Å²) in [6.45, 7) is 8.67. The number of carbonyl (C=O) groups is 2. The summed E-state index contributed by atoms with van der Waals surface area (Å²) >= 11 is 0. The third kappa shape index (κ3) is 5.32. The van der Waals surface area contributed by atoms with Crippen LogP contribution in [0.25, 0.3) is 0 Å². The molecule has 1 aliphatic rings. The van der Waals surface area contributed by atoms with Crippen LogP contribution in [-0.2, 0) is 9.53 Å². The minimum atomic E-state index is -0.328. The van der Waals surface area contributed by atoms with Gasteiger partial charge in [0.15, 0.2) is 0 Å². The van der Waals surface area contributed by atoms with E-state index in [9.17, 15) is 9.59 Å². The van der Waals surface area contributed by atoms with Gasteiger partial charge in [-0.3, -0.25) is 4.79 Å². The molecule has 0 aromatic heterocycles. The van der Waals surface area contributed by atoms with Crippen LogP contribution in [0.4, 0.5) is 4.79 Å². The van der Waals surface area contributed by atoms with Crippen LogP contribution in [0.3, 0.4) is 0 Å². The monoisotopic (exact) mass is 268 g/mol. The zero-order chi connectivity index (χ0) is 14.3. The van der Waals surface area contributed by atoms with E-state index in [-0.39, 0.29) is 30.6 Å². The molecule has 0 aromatic rings. The fourth-order valence-electron chi connectivity index (χ4n) is 2.01. The van der Waals surface area contributed by atoms with Crippen LogP contribution in [0.1, 0.15) is 33.1 Å². The molecule has 2 amide bonds. The lowest BCUT2D eigenvalue weighted by Crippen LogP contribution is -2.45. The van der Waals surface area contributed by atoms with Gasteiger partial charge in [-0.1, -0.05) is 26.5 Å². The zero-order valence-electron chi connectivity index (χ0n) is 11.9. The van der Waals surface area contributed by atoms with Crippen molar-refractivity contribution in [1.82, 2.24) is 10.2 Å². The van der Waals surface area contributed by atoms with Gasteiger partial charge >= 0.3 is 6.09 Å². The number of carbonyl (C=O) groups excluding carboxylic acids is 2. The second-order valence-electron chi connectivity index (χ2n) is 5.17. The van der Waals surface area contributed by atoms with E-state index in [4.69, 9.17) is 4.74 Å². The highest BCUT2D eigenvalue weighted by Crippen LogP contribution is 2.12. The first-order valence-electron chi connectivity index (χ1n) is 6.87. The SMILES string of the molecule is C=CCOC(=O)N1CCCCC(NC(=O)C(C)C)C1. The number of hydrogen-bond donors (Lipinski definition) is 1. The lowest BCUT2D eigenvalue weighted by molar-refractivity contribution is -0.124. The molecule has 0 saturated carbocycles. The molecule has 0 radical (unpaired) electrons. The highest BCUT2D eigenvalue weighted by Gasteiger charge is 2.24. The highest BCUT2D eigenvalue weighted by atomic mass is 16.6. The molecular weight excluding hydrogens is 244 g/mol. The van der Waals surface area contributed by atoms with Crippen molar-refractivity contribution in [2.45, 2.75) is 39.2 Å². The van der Waals surface area contributed by atoms with Gasteiger partial charge in [-0.25, -0.2) is 4.79 Å². The normalized spacial score (nSPS) is 19.7. The van der Waals surface area contributed by atoms with Crippen molar-refractivity contribution in [3.63, 3.8) is 0 Å². The molecule has 1 fully saturated rings. The molecular formula is C14H24N2O3. The number of nitrogens with one attached hydrogen (secondary N) is 1. The van der Waals surface area contributed by atoms with Crippen LogP contribution >= 0.6 is 0 Å². The number of hydrogen-bond acceptors (Lipinski definition) is 3. The second-order valence-corrected chi connectivity index (χ2v) is 5.17. The van der Waals surface area contributed by atoms with Crippen LogP contribution in [0.15, 0.2) is 12.7 Å². The number of nitrogens with zero attached hydrogens (tertiary/aromatic N) is 1. The summed E-state index contributed by atoms with van der Waals surface area (Å²) in [5.74, 6) is -0.00395. The van der Waals surface area contributed by atoms with E-state index in [2.05, 4.69) is 11.9 Å². The predicted octanol–water partition coefficient (Wildman–Crippen LogP) is 1.94. The summed E-state index contributed by atoms with van der Waals surface area (Å²) in [5, 5.41) is 2.99. The first-order valence-corrected chi connectivity index (χ1v) is 6.87. The molecule has 19 heavy (non-hydrogen) atoms. The Morgan fingerprint density at radius 1 is 1.47 bits per heavy atom. The van der Waals surface area contributed by atoms with Crippen molar-refractivity contribution in [2.75, 3.05) is 19.7 Å². The Kier molecular flexibility index (Phi) is 6.39. The molecule has 0 aliphatic carbocycles. The quantitative estimate of drug-likeness (QED) is 0.793. The van der Waals surface area contributed by atoms with Crippen LogP contribution in [0.2, 0.25) is 0 Å². The Morgan fingerprint density at radius 3 is 2.84 bits per heavy atom. The molecule has 1 heterocycles. The van der Waals surface area contributed by atoms with E-state index in [1.165, 1.54) is 0 Å². The van der Waals surface area contributed by atoms with Crippen LogP contribution < -0.4 is 5.32 Å². The van der Waals surface area contributed by atoms with Crippen molar-refractivity contribution in [3.8, 4) is 0 Å². The summed E-state index contributed by atoms with van der Waals surface area (Å²) in [6, 6.07) is 0.0219. The predicted molar refractivity (Wildman–Crippen MR) is 73.7 cm³/mol. The fourth-order valence-corrected chi connectivity index (χ4v) is 2.01. The Bertz CT molecular complexity index is 329. The fraction of sp³-hybridized carbons (Fsp3) is 0.714. The van der Waals surface area contributed by atoms with Crippen LogP contribution in [0.5, 0.6) is 0 Å². The topological polar surface area (TPSA) is 58.6 Å². The minimum absolute atomic E-state index is 0.0219. The van der Waals surface area contributed by atoms with Gasteiger partial charge in [0.1, 0.15) is 6.61 Å². The van der Waals surface area contributed by atoms with Crippen molar-refractivity contribution in [3.05, 3.63) is 12.7 Å². The molecule has 0 aromatic carbocycles. The standard InChI is InChI=1S/C14H24N2O3/c1-4-9-19-14(18)16-8-6-5-7-12(10-16)15-13(17)11(2)3/h4,11-12H,1,5-10H2,2-3H3,(H,15,17). The van der Waals surface area contributed by atoms with Crippen molar-refractivity contribution < 1.29 is 14.3 Å². The minimum Gasteiger partial charge on any atom is -0.445 e. The molecule has 5 heteroatoms. The van der Waals surface area contributed by atoms with Crippen molar-refractivity contribution in [2.24, 2.45) is 5.92 Å². The van der Waals surface area contributed by atoms with Crippen LogP contribution in [0, 0.1) is 5.92 Å². The van der Waals surface area contributed by atoms with Crippen LogP contribution in [-0.4, -0.2) is 42.6 Å². The molecule has 1 rings (SSSR count). The molecule has 108 valence electrons. The lowest BCUT2D eigenvalue weighted by Gasteiger charge is -2.25. The second kappa shape index (κ2) is 7.81. The molecule has 5 nitrogen and oxygen atoms in total. The Hall–Kier alpha value is -1.52. The Balaban J connectivity index is 2.53. The van der Waals surface area contributed by atoms with Gasteiger partial charge in [-0.15, -0.1) is 0 Å². The van der Waals surface area contributed by atoms with Gasteiger partial charge in [0.2, 0.25) is 5.91 Å². The first-order chi connectivity index (χ1) is 9.04. The number of amides is 2. The van der Waals surface area contributed by atoms with Gasteiger partial charge in [-0.05, 0) is 19.3 Å². The molecule has 0 spiro atoms. The summed E-state index contributed by atoms with van der Waals surface area (Å²) in [7, 11) is 0. The summed E-state index contributed by atoms with van der Waals surface area (Å²) in [5.41, 5.74) is 0. The first kappa shape index (κ1) is 15.5. The zero-order valence-corrected chi connectivity index (χ0v) is 11.9. The molecule has 1 N–H and O–H groups in total. The number of rotatable bonds is 4. The maximum Gasteiger partial charge on any atom is 0.410 e. The molecule has 1 aliphatic heterocycles. The molecule has 1 saturated heterocycles. The van der Waals surface area contributed by atoms with E-state index < -0.39 is 0 Å². The number of likely N-dealkylation sites (tertiary alicyclic amines) is 1. The molecule has 1 atom stereocenters. The van der Waals surface area contributed by atoms with Gasteiger partial charge in [0.25, 0.3) is 0 Å². The number of ether oxygens (including phenoxy) is 1. The van der Waals surface area contributed by atoms with Gasteiger partial charge < -0.3 is 15.0 Å². The van der Waals surface area contributed by atoms with Crippen molar-refractivity contribution >= 4 is 12.0 Å². The average molecular weight is 268 g/mol. The van der Waals surface area contributed by atoms with Gasteiger partial charge in [0.05, 0.1) is 0 Å².